The number of hydrogen-bond acceptors (Lipinski definition) is 0. The summed E-state index contributed by atoms with van der Waals surface area (Å²) in [6.07, 6.45) is 1.85. The van der Waals surface area contributed by atoms with Crippen molar-refractivity contribution in [3.8, 4) is 0 Å². The zero-order chi connectivity index (χ0) is 8.72. The van der Waals surface area contributed by atoms with E-state index in [1.54, 1.807) is 4.57 Å². The SMILES string of the molecule is Cn1ccc2cc(Br)cc(F)c21. The Morgan fingerprint density at radius 2 is 2.17 bits per heavy atom. The Morgan fingerprint density at radius 1 is 1.42 bits per heavy atom. The molecule has 0 aliphatic rings. The lowest BCUT2D eigenvalue weighted by Crippen LogP contribution is -1.87. The van der Waals surface area contributed by atoms with Crippen molar-refractivity contribution in [2.75, 3.05) is 0 Å². The van der Waals surface area contributed by atoms with E-state index in [2.05, 4.69) is 15.9 Å². The van der Waals surface area contributed by atoms with Crippen LogP contribution in [0.15, 0.2) is 28.9 Å². The fourth-order valence-electron chi connectivity index (χ4n) is 1.35. The highest BCUT2D eigenvalue weighted by atomic mass is 79.9. The fourth-order valence-corrected chi connectivity index (χ4v) is 1.80. The third-order valence-electron chi connectivity index (χ3n) is 1.89. The van der Waals surface area contributed by atoms with Crippen LogP contribution in [0.2, 0.25) is 0 Å². The molecule has 1 aromatic carbocycles. The maximum atomic E-state index is 13.3. The van der Waals surface area contributed by atoms with Gasteiger partial charge in [0.05, 0.1) is 5.52 Å². The summed E-state index contributed by atoms with van der Waals surface area (Å²) in [5, 5.41) is 0.921. The first-order valence-electron chi connectivity index (χ1n) is 3.58. The number of benzene rings is 1. The van der Waals surface area contributed by atoms with Gasteiger partial charge in [-0.05, 0) is 18.2 Å². The molecule has 0 fully saturated rings. The minimum absolute atomic E-state index is 0.188. The molecule has 0 spiro atoms. The standard InChI is InChI=1S/C9H7BrFN/c1-12-3-2-6-4-7(10)5-8(11)9(6)12/h2-5H,1H3. The molecule has 0 aliphatic heterocycles. The van der Waals surface area contributed by atoms with Crippen molar-refractivity contribution in [2.24, 2.45) is 7.05 Å². The van der Waals surface area contributed by atoms with Gasteiger partial charge in [0.25, 0.3) is 0 Å². The first-order valence-corrected chi connectivity index (χ1v) is 4.38. The monoisotopic (exact) mass is 227 g/mol. The lowest BCUT2D eigenvalue weighted by atomic mass is 10.2. The van der Waals surface area contributed by atoms with Crippen LogP contribution in [0.1, 0.15) is 0 Å². The molecule has 0 atom stereocenters. The Balaban J connectivity index is 2.93. The van der Waals surface area contributed by atoms with E-state index in [-0.39, 0.29) is 5.82 Å². The van der Waals surface area contributed by atoms with Crippen molar-refractivity contribution < 1.29 is 4.39 Å². The second-order valence-corrected chi connectivity index (χ2v) is 3.67. The molecule has 3 heteroatoms. The van der Waals surface area contributed by atoms with Crippen molar-refractivity contribution in [3.05, 3.63) is 34.7 Å². The van der Waals surface area contributed by atoms with Gasteiger partial charge >= 0.3 is 0 Å². The zero-order valence-corrected chi connectivity index (χ0v) is 8.10. The molecule has 1 heterocycles. The third-order valence-corrected chi connectivity index (χ3v) is 2.35. The summed E-state index contributed by atoms with van der Waals surface area (Å²) in [5.74, 6) is -0.188. The topological polar surface area (TPSA) is 4.93 Å². The van der Waals surface area contributed by atoms with Gasteiger partial charge < -0.3 is 4.57 Å². The molecule has 1 aromatic heterocycles. The highest BCUT2D eigenvalue weighted by Gasteiger charge is 2.04. The molecule has 0 N–H and O–H groups in total. The van der Waals surface area contributed by atoms with Crippen molar-refractivity contribution in [1.82, 2.24) is 4.57 Å². The summed E-state index contributed by atoms with van der Waals surface area (Å²) in [6, 6.07) is 5.27. The highest BCUT2D eigenvalue weighted by Crippen LogP contribution is 2.23. The Labute approximate surface area is 77.9 Å². The van der Waals surface area contributed by atoms with Crippen LogP contribution >= 0.6 is 15.9 Å². The number of rotatable bonds is 0. The van der Waals surface area contributed by atoms with E-state index in [1.165, 1.54) is 6.07 Å². The molecule has 2 rings (SSSR count). The number of halogens is 2. The largest absolute Gasteiger partial charge is 0.348 e. The van der Waals surface area contributed by atoms with E-state index in [4.69, 9.17) is 0 Å². The summed E-state index contributed by atoms with van der Waals surface area (Å²) in [4.78, 5) is 0. The van der Waals surface area contributed by atoms with Crippen LogP contribution in [0.4, 0.5) is 4.39 Å². The first-order chi connectivity index (χ1) is 5.68. The first kappa shape index (κ1) is 7.80. The highest BCUT2D eigenvalue weighted by molar-refractivity contribution is 9.10. The molecule has 2 aromatic rings. The molecule has 0 bridgehead atoms. The maximum absolute atomic E-state index is 13.3. The predicted molar refractivity (Wildman–Crippen MR) is 50.6 cm³/mol. The van der Waals surface area contributed by atoms with Crippen LogP contribution in [0, 0.1) is 5.82 Å². The number of aromatic nitrogens is 1. The summed E-state index contributed by atoms with van der Waals surface area (Å²) in [6.45, 7) is 0. The van der Waals surface area contributed by atoms with Gasteiger partial charge in [0.15, 0.2) is 0 Å². The number of hydrogen-bond donors (Lipinski definition) is 0. The van der Waals surface area contributed by atoms with Gasteiger partial charge in [-0.15, -0.1) is 0 Å². The van der Waals surface area contributed by atoms with E-state index >= 15 is 0 Å². The smallest absolute Gasteiger partial charge is 0.148 e. The lowest BCUT2D eigenvalue weighted by Gasteiger charge is -1.98. The fraction of sp³-hybridized carbons (Fsp3) is 0.111. The molecule has 12 heavy (non-hydrogen) atoms. The zero-order valence-electron chi connectivity index (χ0n) is 6.51. The predicted octanol–water partition coefficient (Wildman–Crippen LogP) is 3.08. The van der Waals surface area contributed by atoms with Crippen LogP contribution in [0.25, 0.3) is 10.9 Å². The average Bonchev–Trinajstić information content (AvgIpc) is 2.31. The lowest BCUT2D eigenvalue weighted by molar-refractivity contribution is 0.631. The van der Waals surface area contributed by atoms with Crippen molar-refractivity contribution in [1.29, 1.82) is 0 Å². The maximum Gasteiger partial charge on any atom is 0.148 e. The van der Waals surface area contributed by atoms with Crippen LogP contribution in [-0.2, 0) is 7.05 Å². The molecule has 0 unspecified atom stereocenters. The van der Waals surface area contributed by atoms with Gasteiger partial charge in [0.2, 0.25) is 0 Å². The second kappa shape index (κ2) is 2.59. The van der Waals surface area contributed by atoms with Gasteiger partial charge in [-0.3, -0.25) is 0 Å². The molecule has 0 saturated heterocycles. The molecule has 1 nitrogen and oxygen atoms in total. The molecule has 62 valence electrons. The number of nitrogens with zero attached hydrogens (tertiary/aromatic N) is 1. The van der Waals surface area contributed by atoms with Crippen LogP contribution in [0.3, 0.4) is 0 Å². The average molecular weight is 228 g/mol. The summed E-state index contributed by atoms with van der Waals surface area (Å²) < 4.78 is 15.8. The summed E-state index contributed by atoms with van der Waals surface area (Å²) >= 11 is 3.24. The molecular weight excluding hydrogens is 221 g/mol. The van der Waals surface area contributed by atoms with Gasteiger partial charge in [0, 0.05) is 23.1 Å². The Kier molecular flexibility index (Phi) is 1.68. The van der Waals surface area contributed by atoms with E-state index in [1.807, 2.05) is 25.4 Å². The van der Waals surface area contributed by atoms with E-state index in [0.29, 0.717) is 5.52 Å². The van der Waals surface area contributed by atoms with E-state index < -0.39 is 0 Å². The van der Waals surface area contributed by atoms with Gasteiger partial charge in [-0.2, -0.15) is 0 Å². The summed E-state index contributed by atoms with van der Waals surface area (Å²) in [7, 11) is 1.83. The third kappa shape index (κ3) is 1.05. The summed E-state index contributed by atoms with van der Waals surface area (Å²) in [5.41, 5.74) is 0.651. The van der Waals surface area contributed by atoms with Crippen molar-refractivity contribution >= 4 is 26.8 Å². The van der Waals surface area contributed by atoms with Gasteiger partial charge in [0.1, 0.15) is 5.82 Å². The molecule has 0 aliphatic carbocycles. The Morgan fingerprint density at radius 3 is 2.92 bits per heavy atom. The molecular formula is C9H7BrFN. The van der Waals surface area contributed by atoms with Crippen LogP contribution in [-0.4, -0.2) is 4.57 Å². The number of aryl methyl sites for hydroxylation is 1. The van der Waals surface area contributed by atoms with Gasteiger partial charge in [-0.25, -0.2) is 4.39 Å². The molecule has 0 amide bonds. The minimum Gasteiger partial charge on any atom is -0.348 e. The van der Waals surface area contributed by atoms with E-state index in [0.717, 1.165) is 9.86 Å². The van der Waals surface area contributed by atoms with Crippen LogP contribution < -0.4 is 0 Å². The molecule has 0 saturated carbocycles. The molecule has 0 radical (unpaired) electrons. The van der Waals surface area contributed by atoms with Crippen molar-refractivity contribution in [2.45, 2.75) is 0 Å². The number of fused-ring (bicyclic) bond motifs is 1. The normalized spacial score (nSPS) is 10.9. The second-order valence-electron chi connectivity index (χ2n) is 2.75. The van der Waals surface area contributed by atoms with Crippen LogP contribution in [0.5, 0.6) is 0 Å². The van der Waals surface area contributed by atoms with E-state index in [9.17, 15) is 4.39 Å². The Hall–Kier alpha value is -0.830. The van der Waals surface area contributed by atoms with Crippen molar-refractivity contribution in [3.63, 3.8) is 0 Å². The van der Waals surface area contributed by atoms with Gasteiger partial charge in [-0.1, -0.05) is 15.9 Å². The minimum atomic E-state index is -0.188. The quantitative estimate of drug-likeness (QED) is 0.652. The Bertz CT molecular complexity index is 433.